The summed E-state index contributed by atoms with van der Waals surface area (Å²) in [6.45, 7) is 1.96. The average Bonchev–Trinajstić information content (AvgIpc) is 3.06. The van der Waals surface area contributed by atoms with Crippen LogP contribution in [0.5, 0.6) is 5.88 Å². The van der Waals surface area contributed by atoms with Crippen LogP contribution in [0.15, 0.2) is 65.8 Å². The molecule has 0 radical (unpaired) electrons. The lowest BCUT2D eigenvalue weighted by atomic mass is 10.1. The van der Waals surface area contributed by atoms with Crippen molar-refractivity contribution in [1.82, 2.24) is 9.97 Å². The molecule has 0 fully saturated rings. The zero-order valence-electron chi connectivity index (χ0n) is 14.7. The molecule has 0 aliphatic carbocycles. The number of carbonyl (C=O) groups is 1. The van der Waals surface area contributed by atoms with Gasteiger partial charge in [-0.3, -0.25) is 4.99 Å². The molecule has 0 amide bonds. The van der Waals surface area contributed by atoms with Gasteiger partial charge in [-0.05, 0) is 25.1 Å². The molecule has 1 N–H and O–H groups in total. The van der Waals surface area contributed by atoms with E-state index in [9.17, 15) is 4.79 Å². The Hall–Kier alpha value is -3.67. The lowest BCUT2D eigenvalue weighted by molar-refractivity contribution is 0.103. The predicted octanol–water partition coefficient (Wildman–Crippen LogP) is 5.00. The number of benzene rings is 2. The van der Waals surface area contributed by atoms with E-state index >= 15 is 0 Å². The highest BCUT2D eigenvalue weighted by Gasteiger charge is 2.12. The first-order chi connectivity index (χ1) is 13.2. The molecular formula is C21H17N3O3. The van der Waals surface area contributed by atoms with Crippen molar-refractivity contribution in [2.75, 3.05) is 6.61 Å². The Morgan fingerprint density at radius 3 is 2.81 bits per heavy atom. The molecule has 0 saturated carbocycles. The second kappa shape index (κ2) is 7.29. The van der Waals surface area contributed by atoms with Crippen LogP contribution in [-0.2, 0) is 4.74 Å². The van der Waals surface area contributed by atoms with E-state index in [1.807, 2.05) is 54.7 Å². The average molecular weight is 359 g/mol. The molecular weight excluding hydrogens is 342 g/mol. The molecule has 4 aromatic rings. The number of aromatic nitrogens is 2. The quantitative estimate of drug-likeness (QED) is 0.411. The highest BCUT2D eigenvalue weighted by atomic mass is 16.7. The third-order valence-electron chi connectivity index (χ3n) is 4.07. The van der Waals surface area contributed by atoms with Crippen LogP contribution in [0.25, 0.3) is 21.8 Å². The van der Waals surface area contributed by atoms with E-state index in [4.69, 9.17) is 9.47 Å². The molecule has 2 aromatic heterocycles. The van der Waals surface area contributed by atoms with Gasteiger partial charge in [-0.2, -0.15) is 0 Å². The predicted molar refractivity (Wildman–Crippen MR) is 105 cm³/mol. The number of nitrogens with zero attached hydrogens (tertiary/aromatic N) is 2. The molecule has 6 nitrogen and oxygen atoms in total. The normalized spacial score (nSPS) is 11.3. The fourth-order valence-corrected chi connectivity index (χ4v) is 2.92. The first kappa shape index (κ1) is 16.8. The number of rotatable bonds is 4. The molecule has 0 aliphatic rings. The number of fused-ring (bicyclic) bond motifs is 3. The van der Waals surface area contributed by atoms with E-state index < -0.39 is 6.16 Å². The van der Waals surface area contributed by atoms with Crippen LogP contribution >= 0.6 is 0 Å². The maximum absolute atomic E-state index is 11.6. The molecule has 4 rings (SSSR count). The van der Waals surface area contributed by atoms with Gasteiger partial charge < -0.3 is 14.5 Å². The third-order valence-corrected chi connectivity index (χ3v) is 4.07. The molecule has 2 aromatic carbocycles. The van der Waals surface area contributed by atoms with Crippen molar-refractivity contribution in [3.05, 3.63) is 66.4 Å². The Balaban J connectivity index is 1.78. The smallest absolute Gasteiger partial charge is 0.434 e. The van der Waals surface area contributed by atoms with Crippen LogP contribution in [-0.4, -0.2) is 28.9 Å². The SMILES string of the molecule is CCOC(=O)Oc1cc2c(cn1)[nH]c1cccc(C=Nc3ccccc3)c12. The number of nitrogens with one attached hydrogen (secondary N) is 1. The maximum Gasteiger partial charge on any atom is 0.515 e. The summed E-state index contributed by atoms with van der Waals surface area (Å²) >= 11 is 0. The van der Waals surface area contributed by atoms with Crippen molar-refractivity contribution in [2.24, 2.45) is 4.99 Å². The monoisotopic (exact) mass is 359 g/mol. The van der Waals surface area contributed by atoms with Crippen LogP contribution in [0.3, 0.4) is 0 Å². The number of para-hydroxylation sites is 1. The Bertz CT molecular complexity index is 1130. The first-order valence-electron chi connectivity index (χ1n) is 8.59. The molecule has 0 spiro atoms. The van der Waals surface area contributed by atoms with Gasteiger partial charge >= 0.3 is 6.16 Å². The number of aromatic amines is 1. The maximum atomic E-state index is 11.6. The van der Waals surface area contributed by atoms with Gasteiger partial charge in [0.25, 0.3) is 0 Å². The summed E-state index contributed by atoms with van der Waals surface area (Å²) in [5.41, 5.74) is 3.64. The highest BCUT2D eigenvalue weighted by molar-refractivity contribution is 6.14. The molecule has 0 bridgehead atoms. The molecule has 2 heterocycles. The van der Waals surface area contributed by atoms with Crippen LogP contribution in [0, 0.1) is 0 Å². The highest BCUT2D eigenvalue weighted by Crippen LogP contribution is 2.29. The van der Waals surface area contributed by atoms with Crippen molar-refractivity contribution in [1.29, 1.82) is 0 Å². The zero-order chi connectivity index (χ0) is 18.6. The van der Waals surface area contributed by atoms with Crippen molar-refractivity contribution < 1.29 is 14.3 Å². The van der Waals surface area contributed by atoms with Gasteiger partial charge in [-0.1, -0.05) is 30.3 Å². The van der Waals surface area contributed by atoms with Gasteiger partial charge in [-0.15, -0.1) is 0 Å². The Morgan fingerprint density at radius 1 is 1.15 bits per heavy atom. The number of H-pyrrole nitrogens is 1. The van der Waals surface area contributed by atoms with E-state index in [-0.39, 0.29) is 12.5 Å². The molecule has 27 heavy (non-hydrogen) atoms. The summed E-state index contributed by atoms with van der Waals surface area (Å²) in [7, 11) is 0. The number of ether oxygens (including phenoxy) is 2. The summed E-state index contributed by atoms with van der Waals surface area (Å²) in [6, 6.07) is 17.4. The molecule has 134 valence electrons. The number of carbonyl (C=O) groups excluding carboxylic acids is 1. The van der Waals surface area contributed by atoms with Crippen molar-refractivity contribution in [3.63, 3.8) is 0 Å². The summed E-state index contributed by atoms with van der Waals surface area (Å²) in [4.78, 5) is 23.6. The lowest BCUT2D eigenvalue weighted by Crippen LogP contribution is -2.10. The number of hydrogen-bond donors (Lipinski definition) is 1. The van der Waals surface area contributed by atoms with E-state index in [2.05, 4.69) is 15.0 Å². The summed E-state index contributed by atoms with van der Waals surface area (Å²) in [6.07, 6.45) is 2.70. The molecule has 0 saturated heterocycles. The summed E-state index contributed by atoms with van der Waals surface area (Å²) in [5, 5.41) is 1.89. The third kappa shape index (κ3) is 3.50. The largest absolute Gasteiger partial charge is 0.515 e. The zero-order valence-corrected chi connectivity index (χ0v) is 14.7. The van der Waals surface area contributed by atoms with Gasteiger partial charge in [0, 0.05) is 34.1 Å². The van der Waals surface area contributed by atoms with E-state index in [0.29, 0.717) is 0 Å². The van der Waals surface area contributed by atoms with Crippen LogP contribution < -0.4 is 4.74 Å². The van der Waals surface area contributed by atoms with Gasteiger partial charge in [0.1, 0.15) is 0 Å². The summed E-state index contributed by atoms with van der Waals surface area (Å²) in [5.74, 6) is 0.191. The second-order valence-electron chi connectivity index (χ2n) is 5.84. The van der Waals surface area contributed by atoms with Crippen LogP contribution in [0.2, 0.25) is 0 Å². The van der Waals surface area contributed by atoms with E-state index in [1.54, 1.807) is 19.2 Å². The van der Waals surface area contributed by atoms with E-state index in [1.165, 1.54) is 0 Å². The van der Waals surface area contributed by atoms with Crippen LogP contribution in [0.1, 0.15) is 12.5 Å². The van der Waals surface area contributed by atoms with Gasteiger partial charge in [0.2, 0.25) is 5.88 Å². The Labute approximate surface area is 155 Å². The standard InChI is InChI=1S/C21H17N3O3/c1-2-26-21(25)27-19-11-16-18(13-23-19)24-17-10-6-7-14(20(16)17)12-22-15-8-4-3-5-9-15/h3-13,24H,2H2,1H3. The minimum absolute atomic E-state index is 0.191. The Morgan fingerprint density at radius 2 is 2.00 bits per heavy atom. The van der Waals surface area contributed by atoms with E-state index in [0.717, 1.165) is 33.1 Å². The lowest BCUT2D eigenvalue weighted by Gasteiger charge is -2.03. The van der Waals surface area contributed by atoms with Crippen molar-refractivity contribution in [2.45, 2.75) is 6.92 Å². The van der Waals surface area contributed by atoms with Gasteiger partial charge in [0.15, 0.2) is 0 Å². The second-order valence-corrected chi connectivity index (χ2v) is 5.84. The molecule has 0 atom stereocenters. The number of hydrogen-bond acceptors (Lipinski definition) is 5. The van der Waals surface area contributed by atoms with Crippen molar-refractivity contribution in [3.8, 4) is 5.88 Å². The fourth-order valence-electron chi connectivity index (χ4n) is 2.92. The number of pyridine rings is 1. The number of aliphatic imine (C=N–C) groups is 1. The minimum Gasteiger partial charge on any atom is -0.434 e. The first-order valence-corrected chi connectivity index (χ1v) is 8.59. The Kier molecular flexibility index (Phi) is 4.53. The van der Waals surface area contributed by atoms with Gasteiger partial charge in [0.05, 0.1) is 24.0 Å². The molecule has 0 unspecified atom stereocenters. The van der Waals surface area contributed by atoms with Gasteiger partial charge in [-0.25, -0.2) is 9.78 Å². The molecule has 6 heteroatoms. The fraction of sp³-hybridized carbons (Fsp3) is 0.0952. The summed E-state index contributed by atoms with van der Waals surface area (Å²) < 4.78 is 9.94. The van der Waals surface area contributed by atoms with Crippen molar-refractivity contribution >= 4 is 39.9 Å². The minimum atomic E-state index is -0.768. The topological polar surface area (TPSA) is 76.6 Å². The molecule has 0 aliphatic heterocycles. The van der Waals surface area contributed by atoms with Crippen LogP contribution in [0.4, 0.5) is 10.5 Å².